The molecular formula is C20H36. The van der Waals surface area contributed by atoms with Crippen LogP contribution in [-0.4, -0.2) is 0 Å². The van der Waals surface area contributed by atoms with Crippen molar-refractivity contribution in [2.45, 2.75) is 90.9 Å². The van der Waals surface area contributed by atoms with Crippen LogP contribution in [0.25, 0.3) is 0 Å². The van der Waals surface area contributed by atoms with E-state index >= 15 is 0 Å². The molecule has 0 bridgehead atoms. The van der Waals surface area contributed by atoms with Crippen molar-refractivity contribution in [3.8, 4) is 0 Å². The zero-order chi connectivity index (χ0) is 14.7. The number of hydrogen-bond acceptors (Lipinski definition) is 0. The fourth-order valence-electron chi connectivity index (χ4n) is 2.30. The molecule has 0 aliphatic rings. The average molecular weight is 277 g/mol. The molecule has 0 atom stereocenters. The van der Waals surface area contributed by atoms with Crippen LogP contribution in [0.4, 0.5) is 0 Å². The van der Waals surface area contributed by atoms with Crippen LogP contribution in [0.3, 0.4) is 0 Å². The first kappa shape index (κ1) is 19.2. The largest absolute Gasteiger partial charge is 0.0654 e. The first-order valence-corrected chi connectivity index (χ1v) is 8.91. The molecule has 0 aliphatic carbocycles. The number of unbranched alkanes of at least 4 members (excludes halogenated alkanes) is 11. The molecule has 20 heavy (non-hydrogen) atoms. The summed E-state index contributed by atoms with van der Waals surface area (Å²) in [5.41, 5.74) is 0. The van der Waals surface area contributed by atoms with Gasteiger partial charge in [-0.2, -0.15) is 0 Å². The molecule has 0 heterocycles. The van der Waals surface area contributed by atoms with Crippen molar-refractivity contribution in [3.63, 3.8) is 0 Å². The van der Waals surface area contributed by atoms with Gasteiger partial charge in [-0.25, -0.2) is 0 Å². The normalized spacial score (nSPS) is 9.90. The topological polar surface area (TPSA) is 0 Å². The Morgan fingerprint density at radius 3 is 0.750 bits per heavy atom. The Hall–Kier alpha value is -0.780. The van der Waals surface area contributed by atoms with Crippen molar-refractivity contribution in [1.29, 1.82) is 0 Å². The highest BCUT2D eigenvalue weighted by Crippen LogP contribution is 2.11. The van der Waals surface area contributed by atoms with Crippen molar-refractivity contribution in [2.75, 3.05) is 0 Å². The smallest absolute Gasteiger partial charge is 0.0533 e. The molecule has 1 rings (SSSR count). The van der Waals surface area contributed by atoms with E-state index in [1.807, 2.05) is 36.4 Å². The van der Waals surface area contributed by atoms with Crippen molar-refractivity contribution >= 4 is 0 Å². The summed E-state index contributed by atoms with van der Waals surface area (Å²) in [5, 5.41) is 0. The van der Waals surface area contributed by atoms with Gasteiger partial charge in [-0.1, -0.05) is 127 Å². The predicted octanol–water partition coefficient (Wildman–Crippen LogP) is 7.39. The maximum absolute atomic E-state index is 2.29. The second-order valence-electron chi connectivity index (χ2n) is 5.69. The van der Waals surface area contributed by atoms with Crippen LogP contribution in [-0.2, 0) is 0 Å². The van der Waals surface area contributed by atoms with Crippen LogP contribution in [0.1, 0.15) is 90.9 Å². The van der Waals surface area contributed by atoms with E-state index in [-0.39, 0.29) is 0 Å². The second-order valence-corrected chi connectivity index (χ2v) is 5.69. The van der Waals surface area contributed by atoms with Gasteiger partial charge in [0.25, 0.3) is 0 Å². The van der Waals surface area contributed by atoms with Crippen molar-refractivity contribution in [2.24, 2.45) is 0 Å². The second kappa shape index (κ2) is 18.2. The molecule has 0 aromatic heterocycles. The van der Waals surface area contributed by atoms with E-state index in [1.54, 1.807) is 0 Å². The lowest BCUT2D eigenvalue weighted by molar-refractivity contribution is 0.548. The van der Waals surface area contributed by atoms with E-state index < -0.39 is 0 Å². The molecule has 0 N–H and O–H groups in total. The van der Waals surface area contributed by atoms with E-state index in [2.05, 4.69) is 13.8 Å². The van der Waals surface area contributed by atoms with Gasteiger partial charge >= 0.3 is 0 Å². The van der Waals surface area contributed by atoms with Crippen molar-refractivity contribution < 1.29 is 0 Å². The number of benzene rings is 1. The summed E-state index contributed by atoms with van der Waals surface area (Å²) in [6, 6.07) is 12.0. The highest BCUT2D eigenvalue weighted by Gasteiger charge is 1.91. The van der Waals surface area contributed by atoms with Gasteiger partial charge in [-0.3, -0.25) is 0 Å². The summed E-state index contributed by atoms with van der Waals surface area (Å²) < 4.78 is 0. The minimum atomic E-state index is 1.37. The Morgan fingerprint density at radius 2 is 0.550 bits per heavy atom. The molecule has 0 aliphatic heterocycles. The summed E-state index contributed by atoms with van der Waals surface area (Å²) in [4.78, 5) is 0. The van der Waals surface area contributed by atoms with Gasteiger partial charge in [0.15, 0.2) is 0 Å². The summed E-state index contributed by atoms with van der Waals surface area (Å²) in [7, 11) is 0. The van der Waals surface area contributed by atoms with Crippen LogP contribution in [0.2, 0.25) is 0 Å². The molecular weight excluding hydrogens is 240 g/mol. The molecule has 1 aromatic rings. The predicted molar refractivity (Wildman–Crippen MR) is 93.2 cm³/mol. The molecule has 0 heteroatoms. The monoisotopic (exact) mass is 276 g/mol. The molecule has 0 amide bonds. The minimum absolute atomic E-state index is 1.37. The first-order valence-electron chi connectivity index (χ1n) is 8.91. The Bertz CT molecular complexity index is 201. The van der Waals surface area contributed by atoms with Gasteiger partial charge in [0.1, 0.15) is 0 Å². The minimum Gasteiger partial charge on any atom is -0.0654 e. The Balaban J connectivity index is 0.000000493. The van der Waals surface area contributed by atoms with E-state index in [0.717, 1.165) is 0 Å². The highest BCUT2D eigenvalue weighted by atomic mass is 14.0. The van der Waals surface area contributed by atoms with Gasteiger partial charge in [0, 0.05) is 0 Å². The SMILES string of the molecule is CCCCCCCCCCCCCC.c1ccccc1. The molecule has 116 valence electrons. The van der Waals surface area contributed by atoms with Gasteiger partial charge in [-0.15, -0.1) is 0 Å². The van der Waals surface area contributed by atoms with Crippen LogP contribution < -0.4 is 0 Å². The lowest BCUT2D eigenvalue weighted by atomic mass is 10.1. The van der Waals surface area contributed by atoms with Crippen LogP contribution >= 0.6 is 0 Å². The van der Waals surface area contributed by atoms with Crippen LogP contribution in [0, 0.1) is 0 Å². The van der Waals surface area contributed by atoms with E-state index in [4.69, 9.17) is 0 Å². The fourth-order valence-corrected chi connectivity index (χ4v) is 2.30. The Kier molecular flexibility index (Phi) is 17.5. The van der Waals surface area contributed by atoms with Gasteiger partial charge in [-0.05, 0) is 0 Å². The standard InChI is InChI=1S/C14H30.C6H6/c1-3-5-7-9-11-13-14-12-10-8-6-4-2;1-2-4-6-5-3-1/h3-14H2,1-2H3;1-6H. The third-order valence-corrected chi connectivity index (χ3v) is 3.62. The van der Waals surface area contributed by atoms with Crippen LogP contribution in [0.15, 0.2) is 36.4 Å². The molecule has 0 fully saturated rings. The van der Waals surface area contributed by atoms with E-state index in [0.29, 0.717) is 0 Å². The van der Waals surface area contributed by atoms with Gasteiger partial charge in [0.2, 0.25) is 0 Å². The molecule has 0 radical (unpaired) electrons. The van der Waals surface area contributed by atoms with Gasteiger partial charge < -0.3 is 0 Å². The lowest BCUT2D eigenvalue weighted by Crippen LogP contribution is -1.81. The number of hydrogen-bond donors (Lipinski definition) is 0. The summed E-state index contributed by atoms with van der Waals surface area (Å²) in [5.74, 6) is 0. The maximum Gasteiger partial charge on any atom is -0.0533 e. The van der Waals surface area contributed by atoms with Crippen molar-refractivity contribution in [3.05, 3.63) is 36.4 Å². The maximum atomic E-state index is 2.29. The molecule has 0 unspecified atom stereocenters. The summed E-state index contributed by atoms with van der Waals surface area (Å²) >= 11 is 0. The molecule has 0 spiro atoms. The third-order valence-electron chi connectivity index (χ3n) is 3.62. The zero-order valence-electron chi connectivity index (χ0n) is 13.9. The Labute approximate surface area is 128 Å². The molecule has 0 saturated carbocycles. The zero-order valence-corrected chi connectivity index (χ0v) is 13.9. The average Bonchev–Trinajstić information content (AvgIpc) is 2.52. The van der Waals surface area contributed by atoms with E-state index in [9.17, 15) is 0 Å². The number of rotatable bonds is 11. The lowest BCUT2D eigenvalue weighted by Gasteiger charge is -2.01. The van der Waals surface area contributed by atoms with E-state index in [1.165, 1.54) is 77.0 Å². The van der Waals surface area contributed by atoms with Crippen molar-refractivity contribution in [1.82, 2.24) is 0 Å². The Morgan fingerprint density at radius 1 is 0.350 bits per heavy atom. The van der Waals surface area contributed by atoms with Crippen LogP contribution in [0.5, 0.6) is 0 Å². The summed E-state index contributed by atoms with van der Waals surface area (Å²) in [6.07, 6.45) is 17.4. The molecule has 1 aromatic carbocycles. The summed E-state index contributed by atoms with van der Waals surface area (Å²) in [6.45, 7) is 4.57. The third kappa shape index (κ3) is 17.2. The quantitative estimate of drug-likeness (QED) is 0.369. The fraction of sp³-hybridized carbons (Fsp3) is 0.700. The molecule has 0 nitrogen and oxygen atoms in total. The first-order chi connectivity index (χ1) is 9.91. The van der Waals surface area contributed by atoms with Gasteiger partial charge in [0.05, 0.1) is 0 Å². The highest BCUT2D eigenvalue weighted by molar-refractivity contribution is 4.99. The molecule has 0 saturated heterocycles.